The van der Waals surface area contributed by atoms with E-state index in [1.54, 1.807) is 50.5 Å². The number of rotatable bonds is 12. The Labute approximate surface area is 384 Å². The number of hydrogen-bond acceptors (Lipinski definition) is 14. The van der Waals surface area contributed by atoms with Crippen LogP contribution in [-0.2, 0) is 0 Å². The van der Waals surface area contributed by atoms with Crippen LogP contribution in [0, 0.1) is 0 Å². The molecule has 68 heavy (non-hydrogen) atoms. The molecule has 0 saturated heterocycles. The van der Waals surface area contributed by atoms with E-state index in [4.69, 9.17) is 0 Å². The molecule has 20 nitrogen and oxygen atoms in total. The number of aromatic nitrogens is 8. The fraction of sp³-hybridized carbons (Fsp3) is 0.455. The number of aliphatic hydroxyl groups excluding tert-OH is 2. The van der Waals surface area contributed by atoms with Crippen LogP contribution in [0.2, 0.25) is 0 Å². The molecule has 8 N–H and O–H groups in total. The van der Waals surface area contributed by atoms with Gasteiger partial charge >= 0.3 is 0 Å². The Morgan fingerprint density at radius 1 is 0.647 bits per heavy atom. The van der Waals surface area contributed by atoms with E-state index in [0.29, 0.717) is 50.2 Å². The molecule has 4 saturated carbocycles. The molecular weight excluding hydrogens is 897 g/mol. The maximum Gasteiger partial charge on any atom is 0.274 e. The second-order valence-corrected chi connectivity index (χ2v) is 17.8. The summed E-state index contributed by atoms with van der Waals surface area (Å²) in [6, 6.07) is 8.25. The smallest absolute Gasteiger partial charge is 0.274 e. The second-order valence-electron chi connectivity index (χ2n) is 17.8. The first kappa shape index (κ1) is 46.0. The molecule has 2 amide bonds. The van der Waals surface area contributed by atoms with Crippen molar-refractivity contribution >= 4 is 57.8 Å². The summed E-state index contributed by atoms with van der Waals surface area (Å²) in [7, 11) is 3.37. The van der Waals surface area contributed by atoms with Crippen LogP contribution in [0.25, 0.3) is 11.3 Å². The Balaban J connectivity index is 0.000000170. The summed E-state index contributed by atoms with van der Waals surface area (Å²) in [6.07, 6.45) is 7.22. The molecule has 0 radical (unpaired) electrons. The topological polar surface area (TPSA) is 251 Å². The van der Waals surface area contributed by atoms with Gasteiger partial charge < -0.3 is 51.2 Å². The van der Waals surface area contributed by atoms with Crippen LogP contribution in [0.15, 0.2) is 70.8 Å². The van der Waals surface area contributed by atoms with Gasteiger partial charge in [0.25, 0.3) is 34.8 Å². The predicted octanol–water partition coefficient (Wildman–Crippen LogP) is 4.58. The SMILES string of the molecule is CNc1cc(Nc2cccn(C3CC(F)(F)C3)c2=O)nc2c(C(=O)N[C@@H]3CC[C@@H](O)C3)cnn12.CNc1cc(Nc2cccn(C3CC(F)(F)C3)c2=O)nc2c(C(=O)N[C@H]3CC[C@H](O)C3)cnn12. The summed E-state index contributed by atoms with van der Waals surface area (Å²) in [5.74, 6) is -4.56. The number of amides is 2. The molecule has 6 aromatic heterocycles. The molecular formula is C44H50F4N14O6. The van der Waals surface area contributed by atoms with Gasteiger partial charge in [-0.1, -0.05) is 0 Å². The molecule has 6 heterocycles. The van der Waals surface area contributed by atoms with Crippen LogP contribution in [-0.4, -0.2) is 111 Å². The molecule has 0 aromatic carbocycles. The van der Waals surface area contributed by atoms with Crippen molar-refractivity contribution in [2.45, 2.75) is 112 Å². The lowest BCUT2D eigenvalue weighted by Crippen LogP contribution is -2.41. The second kappa shape index (κ2) is 18.2. The van der Waals surface area contributed by atoms with Gasteiger partial charge in [0.1, 0.15) is 45.8 Å². The normalized spacial score (nSPS) is 21.9. The first-order valence-corrected chi connectivity index (χ1v) is 22.3. The highest BCUT2D eigenvalue weighted by molar-refractivity contribution is 6.01. The minimum Gasteiger partial charge on any atom is -0.393 e. The fourth-order valence-electron chi connectivity index (χ4n) is 9.15. The van der Waals surface area contributed by atoms with Crippen molar-refractivity contribution in [3.63, 3.8) is 0 Å². The quantitative estimate of drug-likeness (QED) is 0.0783. The largest absolute Gasteiger partial charge is 0.393 e. The molecule has 0 bridgehead atoms. The zero-order chi connectivity index (χ0) is 48.1. The average molecular weight is 947 g/mol. The van der Waals surface area contributed by atoms with E-state index in [2.05, 4.69) is 52.1 Å². The maximum absolute atomic E-state index is 13.3. The number of anilines is 6. The number of carbonyl (C=O) groups excluding carboxylic acids is 2. The van der Waals surface area contributed by atoms with Gasteiger partial charge in [-0.15, -0.1) is 0 Å². The van der Waals surface area contributed by atoms with E-state index in [1.807, 2.05) is 0 Å². The molecule has 360 valence electrons. The van der Waals surface area contributed by atoms with Crippen LogP contribution in [0.5, 0.6) is 0 Å². The van der Waals surface area contributed by atoms with Crippen molar-refractivity contribution < 1.29 is 37.4 Å². The monoisotopic (exact) mass is 946 g/mol. The molecule has 4 atom stereocenters. The molecule has 6 aromatic rings. The molecule has 0 spiro atoms. The van der Waals surface area contributed by atoms with Gasteiger partial charge in [-0.05, 0) is 62.8 Å². The number of fused-ring (bicyclic) bond motifs is 2. The summed E-state index contributed by atoms with van der Waals surface area (Å²) in [5.41, 5.74) is 0.570. The molecule has 0 aliphatic heterocycles. The Morgan fingerprint density at radius 2 is 1.04 bits per heavy atom. The minimum atomic E-state index is -2.74. The van der Waals surface area contributed by atoms with Crippen LogP contribution >= 0.6 is 0 Å². The third-order valence-corrected chi connectivity index (χ3v) is 12.8. The number of carbonyl (C=O) groups is 2. The summed E-state index contributed by atoms with van der Waals surface area (Å²) in [6.45, 7) is 0. The summed E-state index contributed by atoms with van der Waals surface area (Å²) < 4.78 is 58.8. The number of hydrogen-bond donors (Lipinski definition) is 8. The summed E-state index contributed by atoms with van der Waals surface area (Å²) in [5, 5.41) is 45.7. The molecule has 4 aliphatic rings. The minimum absolute atomic E-state index is 0.121. The fourth-order valence-corrected chi connectivity index (χ4v) is 9.15. The van der Waals surface area contributed by atoms with E-state index in [-0.39, 0.29) is 95.0 Å². The van der Waals surface area contributed by atoms with Crippen LogP contribution < -0.4 is 43.0 Å². The van der Waals surface area contributed by atoms with Crippen molar-refractivity contribution in [2.75, 3.05) is 35.4 Å². The van der Waals surface area contributed by atoms with E-state index >= 15 is 0 Å². The van der Waals surface area contributed by atoms with Gasteiger partial charge in [-0.2, -0.15) is 19.2 Å². The molecule has 4 aliphatic carbocycles. The number of aliphatic hydroxyl groups is 2. The lowest BCUT2D eigenvalue weighted by molar-refractivity contribution is -0.105. The number of nitrogens with one attached hydrogen (secondary N) is 6. The molecule has 4 fully saturated rings. The maximum atomic E-state index is 13.3. The summed E-state index contributed by atoms with van der Waals surface area (Å²) in [4.78, 5) is 60.5. The summed E-state index contributed by atoms with van der Waals surface area (Å²) >= 11 is 0. The molecule has 0 unspecified atom stereocenters. The third-order valence-electron chi connectivity index (χ3n) is 12.8. The van der Waals surface area contributed by atoms with Gasteiger partial charge in [-0.25, -0.2) is 27.5 Å². The van der Waals surface area contributed by atoms with Gasteiger partial charge in [-0.3, -0.25) is 19.2 Å². The van der Waals surface area contributed by atoms with Crippen molar-refractivity contribution in [3.05, 3.63) is 93.0 Å². The van der Waals surface area contributed by atoms with E-state index in [9.17, 15) is 47.0 Å². The lowest BCUT2D eigenvalue weighted by atomic mass is 9.88. The molecule has 24 heteroatoms. The van der Waals surface area contributed by atoms with Gasteiger partial charge in [0.2, 0.25) is 0 Å². The lowest BCUT2D eigenvalue weighted by Gasteiger charge is -2.36. The van der Waals surface area contributed by atoms with Crippen LogP contribution in [0.4, 0.5) is 52.2 Å². The van der Waals surface area contributed by atoms with Crippen molar-refractivity contribution in [2.24, 2.45) is 0 Å². The number of alkyl halides is 4. The highest BCUT2D eigenvalue weighted by Gasteiger charge is 2.47. The van der Waals surface area contributed by atoms with Crippen molar-refractivity contribution in [3.8, 4) is 0 Å². The van der Waals surface area contributed by atoms with Crippen molar-refractivity contribution in [1.29, 1.82) is 0 Å². The van der Waals surface area contributed by atoms with Crippen molar-refractivity contribution in [1.82, 2.24) is 49.0 Å². The Kier molecular flexibility index (Phi) is 12.3. The van der Waals surface area contributed by atoms with Crippen LogP contribution in [0.3, 0.4) is 0 Å². The molecule has 10 rings (SSSR count). The van der Waals surface area contributed by atoms with E-state index in [0.717, 1.165) is 0 Å². The first-order chi connectivity index (χ1) is 32.5. The van der Waals surface area contributed by atoms with E-state index in [1.165, 1.54) is 43.0 Å². The average Bonchev–Trinajstić information content (AvgIpc) is 4.10. The zero-order valence-corrected chi connectivity index (χ0v) is 36.9. The number of halogens is 4. The highest BCUT2D eigenvalue weighted by atomic mass is 19.3. The highest BCUT2D eigenvalue weighted by Crippen LogP contribution is 2.46. The van der Waals surface area contributed by atoms with Gasteiger partial charge in [0, 0.05) is 88.5 Å². The van der Waals surface area contributed by atoms with Gasteiger partial charge in [0.15, 0.2) is 11.3 Å². The van der Waals surface area contributed by atoms with E-state index < -0.39 is 47.3 Å². The Morgan fingerprint density at radius 3 is 1.38 bits per heavy atom. The van der Waals surface area contributed by atoms with Crippen LogP contribution in [0.1, 0.15) is 97.0 Å². The standard InChI is InChI=1S/2C22H25F2N7O3/c2*1-25-18-8-17(28-16-3-2-6-30(21(16)34)13-9-22(23,24)10-13)29-19-15(11-26-31(18)19)20(33)27-12-4-5-14(32)7-12/h2*2-3,6,8,11-14,25,32H,4-5,7,9-10H2,1H3,(H,27,33)(H,28,29)/t2*12-,14-/m10/s1. The zero-order valence-electron chi connectivity index (χ0n) is 36.9. The predicted molar refractivity (Wildman–Crippen MR) is 242 cm³/mol. The third kappa shape index (κ3) is 9.41. The number of nitrogens with zero attached hydrogens (tertiary/aromatic N) is 8. The first-order valence-electron chi connectivity index (χ1n) is 22.3. The number of pyridine rings is 2. The Hall–Kier alpha value is -7.08. The Bertz CT molecular complexity index is 2790. The van der Waals surface area contributed by atoms with Gasteiger partial charge in [0.05, 0.1) is 24.6 Å².